The van der Waals surface area contributed by atoms with Gasteiger partial charge in [0, 0.05) is 16.1 Å². The van der Waals surface area contributed by atoms with Crippen LogP contribution in [0.5, 0.6) is 0 Å². The molecule has 20 heavy (non-hydrogen) atoms. The molecule has 2 rings (SSSR count). The van der Waals surface area contributed by atoms with Gasteiger partial charge < -0.3 is 5.32 Å². The number of hydrogen-bond donors (Lipinski definition) is 1. The van der Waals surface area contributed by atoms with E-state index in [9.17, 15) is 0 Å². The fourth-order valence-electron chi connectivity index (χ4n) is 3.23. The molecule has 1 fully saturated rings. The first-order valence-corrected chi connectivity index (χ1v) is 8.55. The molecule has 1 aromatic rings. The molecule has 0 saturated heterocycles. The maximum Gasteiger partial charge on any atom is 0.0424 e. The summed E-state index contributed by atoms with van der Waals surface area (Å²) in [7, 11) is 0. The maximum atomic E-state index is 6.18. The number of hydrogen-bond acceptors (Lipinski definition) is 1. The van der Waals surface area contributed by atoms with E-state index >= 15 is 0 Å². The van der Waals surface area contributed by atoms with Gasteiger partial charge in [0.25, 0.3) is 0 Å². The SMILES string of the molecule is CCCNC(c1cc(Cl)cc(Cl)c1)C1CCC(C)CC1. The summed E-state index contributed by atoms with van der Waals surface area (Å²) < 4.78 is 0. The first kappa shape index (κ1) is 16.1. The van der Waals surface area contributed by atoms with E-state index < -0.39 is 0 Å². The zero-order chi connectivity index (χ0) is 14.5. The van der Waals surface area contributed by atoms with Gasteiger partial charge in [0.2, 0.25) is 0 Å². The van der Waals surface area contributed by atoms with Crippen molar-refractivity contribution in [3.63, 3.8) is 0 Å². The molecule has 1 saturated carbocycles. The van der Waals surface area contributed by atoms with Crippen molar-refractivity contribution in [1.29, 1.82) is 0 Å². The molecule has 3 heteroatoms. The van der Waals surface area contributed by atoms with Crippen LogP contribution in [0.25, 0.3) is 0 Å². The van der Waals surface area contributed by atoms with Crippen LogP contribution in [-0.2, 0) is 0 Å². The zero-order valence-corrected chi connectivity index (χ0v) is 14.0. The lowest BCUT2D eigenvalue weighted by Gasteiger charge is -2.34. The van der Waals surface area contributed by atoms with Gasteiger partial charge in [-0.05, 0) is 61.4 Å². The minimum absolute atomic E-state index is 0.388. The van der Waals surface area contributed by atoms with Crippen LogP contribution in [0.2, 0.25) is 10.0 Å². The Kier molecular flexibility index (Phi) is 6.20. The van der Waals surface area contributed by atoms with Gasteiger partial charge >= 0.3 is 0 Å². The molecular weight excluding hydrogens is 289 g/mol. The van der Waals surface area contributed by atoms with E-state index in [1.54, 1.807) is 0 Å². The third-order valence-electron chi connectivity index (χ3n) is 4.39. The second-order valence-electron chi connectivity index (χ2n) is 6.15. The third kappa shape index (κ3) is 4.38. The van der Waals surface area contributed by atoms with Crippen molar-refractivity contribution in [3.8, 4) is 0 Å². The summed E-state index contributed by atoms with van der Waals surface area (Å²) in [6.07, 6.45) is 6.42. The van der Waals surface area contributed by atoms with Crippen LogP contribution < -0.4 is 5.32 Å². The van der Waals surface area contributed by atoms with Crippen LogP contribution >= 0.6 is 23.2 Å². The Morgan fingerprint density at radius 3 is 2.25 bits per heavy atom. The summed E-state index contributed by atoms with van der Waals surface area (Å²) in [5, 5.41) is 5.18. The highest BCUT2D eigenvalue weighted by Crippen LogP contribution is 2.38. The Morgan fingerprint density at radius 1 is 1.10 bits per heavy atom. The fourth-order valence-corrected chi connectivity index (χ4v) is 3.77. The number of nitrogens with one attached hydrogen (secondary N) is 1. The number of rotatable bonds is 5. The normalized spacial score (nSPS) is 24.6. The molecule has 0 aromatic heterocycles. The molecule has 0 radical (unpaired) electrons. The molecule has 1 aliphatic carbocycles. The van der Waals surface area contributed by atoms with Crippen molar-refractivity contribution in [2.24, 2.45) is 11.8 Å². The summed E-state index contributed by atoms with van der Waals surface area (Å²) in [5.41, 5.74) is 1.25. The van der Waals surface area contributed by atoms with Crippen molar-refractivity contribution >= 4 is 23.2 Å². The predicted octanol–water partition coefficient (Wildman–Crippen LogP) is 5.86. The Bertz CT molecular complexity index is 405. The predicted molar refractivity (Wildman–Crippen MR) is 88.6 cm³/mol. The van der Waals surface area contributed by atoms with E-state index in [-0.39, 0.29) is 0 Å². The summed E-state index contributed by atoms with van der Waals surface area (Å²) in [6, 6.07) is 6.34. The third-order valence-corrected chi connectivity index (χ3v) is 4.83. The summed E-state index contributed by atoms with van der Waals surface area (Å²) >= 11 is 12.4. The molecule has 0 heterocycles. The highest BCUT2D eigenvalue weighted by Gasteiger charge is 2.27. The van der Waals surface area contributed by atoms with Gasteiger partial charge in [-0.1, -0.05) is 49.9 Å². The fraction of sp³-hybridized carbons (Fsp3) is 0.647. The van der Waals surface area contributed by atoms with Crippen molar-refractivity contribution in [3.05, 3.63) is 33.8 Å². The standard InChI is InChI=1S/C17H25Cl2N/c1-3-8-20-17(13-6-4-12(2)5-7-13)14-9-15(18)11-16(19)10-14/h9-13,17,20H,3-8H2,1-2H3. The van der Waals surface area contributed by atoms with Crippen LogP contribution in [0.15, 0.2) is 18.2 Å². The van der Waals surface area contributed by atoms with Gasteiger partial charge in [0.15, 0.2) is 0 Å². The van der Waals surface area contributed by atoms with Crippen molar-refractivity contribution in [2.75, 3.05) is 6.54 Å². The van der Waals surface area contributed by atoms with Crippen LogP contribution in [0.3, 0.4) is 0 Å². The maximum absolute atomic E-state index is 6.18. The monoisotopic (exact) mass is 313 g/mol. The van der Waals surface area contributed by atoms with Gasteiger partial charge in [-0.25, -0.2) is 0 Å². The lowest BCUT2D eigenvalue weighted by Crippen LogP contribution is -2.31. The number of halogens is 2. The Balaban J connectivity index is 2.17. The van der Waals surface area contributed by atoms with E-state index in [4.69, 9.17) is 23.2 Å². The summed E-state index contributed by atoms with van der Waals surface area (Å²) in [5.74, 6) is 1.58. The first-order chi connectivity index (χ1) is 9.60. The molecule has 1 aliphatic rings. The molecule has 112 valence electrons. The molecule has 0 bridgehead atoms. The Labute approximate surface area is 133 Å². The van der Waals surface area contributed by atoms with E-state index in [0.29, 0.717) is 12.0 Å². The van der Waals surface area contributed by atoms with Crippen LogP contribution in [0.4, 0.5) is 0 Å². The van der Waals surface area contributed by atoms with Gasteiger partial charge in [-0.2, -0.15) is 0 Å². The van der Waals surface area contributed by atoms with Crippen molar-refractivity contribution < 1.29 is 0 Å². The van der Waals surface area contributed by atoms with E-state index in [0.717, 1.165) is 28.9 Å². The minimum atomic E-state index is 0.388. The average molecular weight is 314 g/mol. The molecule has 1 nitrogen and oxygen atoms in total. The molecule has 0 amide bonds. The Morgan fingerprint density at radius 2 is 1.70 bits per heavy atom. The second-order valence-corrected chi connectivity index (χ2v) is 7.03. The van der Waals surface area contributed by atoms with Crippen molar-refractivity contribution in [2.45, 2.75) is 52.0 Å². The Hall–Kier alpha value is -0.240. The van der Waals surface area contributed by atoms with Gasteiger partial charge in [0.05, 0.1) is 0 Å². The quantitative estimate of drug-likeness (QED) is 0.717. The molecule has 1 N–H and O–H groups in total. The van der Waals surface area contributed by atoms with Crippen LogP contribution in [0.1, 0.15) is 57.6 Å². The van der Waals surface area contributed by atoms with Gasteiger partial charge in [-0.15, -0.1) is 0 Å². The minimum Gasteiger partial charge on any atom is -0.310 e. The van der Waals surface area contributed by atoms with Gasteiger partial charge in [0.1, 0.15) is 0 Å². The van der Waals surface area contributed by atoms with Gasteiger partial charge in [-0.3, -0.25) is 0 Å². The van der Waals surface area contributed by atoms with Crippen LogP contribution in [0, 0.1) is 11.8 Å². The molecule has 1 aromatic carbocycles. The topological polar surface area (TPSA) is 12.0 Å². The lowest BCUT2D eigenvalue weighted by atomic mass is 9.77. The summed E-state index contributed by atoms with van der Waals surface area (Å²) in [4.78, 5) is 0. The molecule has 1 unspecified atom stereocenters. The average Bonchev–Trinajstić information content (AvgIpc) is 2.40. The molecular formula is C17H25Cl2N. The van der Waals surface area contributed by atoms with E-state index in [1.165, 1.54) is 31.2 Å². The second kappa shape index (κ2) is 7.68. The molecule has 1 atom stereocenters. The molecule has 0 aliphatic heterocycles. The largest absolute Gasteiger partial charge is 0.310 e. The van der Waals surface area contributed by atoms with E-state index in [1.807, 2.05) is 6.07 Å². The lowest BCUT2D eigenvalue weighted by molar-refractivity contribution is 0.231. The van der Waals surface area contributed by atoms with Crippen molar-refractivity contribution in [1.82, 2.24) is 5.32 Å². The smallest absolute Gasteiger partial charge is 0.0424 e. The zero-order valence-electron chi connectivity index (χ0n) is 12.5. The first-order valence-electron chi connectivity index (χ1n) is 7.79. The molecule has 0 spiro atoms. The number of benzene rings is 1. The highest BCUT2D eigenvalue weighted by atomic mass is 35.5. The van der Waals surface area contributed by atoms with Crippen LogP contribution in [-0.4, -0.2) is 6.54 Å². The van der Waals surface area contributed by atoms with E-state index in [2.05, 4.69) is 31.3 Å². The highest BCUT2D eigenvalue weighted by molar-refractivity contribution is 6.34. The summed E-state index contributed by atoms with van der Waals surface area (Å²) in [6.45, 7) is 5.61.